The van der Waals surface area contributed by atoms with E-state index in [9.17, 15) is 13.2 Å². The van der Waals surface area contributed by atoms with Gasteiger partial charge in [0.1, 0.15) is 5.01 Å². The van der Waals surface area contributed by atoms with Crippen LogP contribution in [0.4, 0.5) is 5.69 Å². The molecule has 1 atom stereocenters. The van der Waals surface area contributed by atoms with Crippen molar-refractivity contribution in [2.45, 2.75) is 17.9 Å². The zero-order valence-electron chi connectivity index (χ0n) is 15.3. The number of nitrogens with one attached hydrogen (secondary N) is 1. The number of amides is 1. The van der Waals surface area contributed by atoms with Crippen molar-refractivity contribution in [3.63, 3.8) is 0 Å². The van der Waals surface area contributed by atoms with E-state index in [4.69, 9.17) is 0 Å². The van der Waals surface area contributed by atoms with Gasteiger partial charge in [-0.15, -0.1) is 11.3 Å². The minimum atomic E-state index is -3.32. The van der Waals surface area contributed by atoms with Gasteiger partial charge in [0.2, 0.25) is 5.91 Å². The van der Waals surface area contributed by atoms with E-state index >= 15 is 0 Å². The summed E-state index contributed by atoms with van der Waals surface area (Å²) in [6, 6.07) is 14.2. The van der Waals surface area contributed by atoms with E-state index in [0.717, 1.165) is 21.5 Å². The summed E-state index contributed by atoms with van der Waals surface area (Å²) >= 11 is 1.62. The number of hydrogen-bond acceptors (Lipinski definition) is 6. The molecule has 0 saturated carbocycles. The molecule has 0 unspecified atom stereocenters. The van der Waals surface area contributed by atoms with Crippen LogP contribution in [0, 0.1) is 0 Å². The molecule has 0 aliphatic rings. The molecule has 0 radical (unpaired) electrons. The number of fused-ring (bicyclic) bond motifs is 1. The highest BCUT2D eigenvalue weighted by Gasteiger charge is 2.19. The number of anilines is 1. The Kier molecular flexibility index (Phi) is 5.59. The van der Waals surface area contributed by atoms with E-state index in [1.807, 2.05) is 43.1 Å². The third-order valence-corrected chi connectivity index (χ3v) is 6.58. The summed E-state index contributed by atoms with van der Waals surface area (Å²) in [5, 5.41) is 3.71. The van der Waals surface area contributed by atoms with E-state index in [1.165, 1.54) is 12.1 Å². The van der Waals surface area contributed by atoms with Crippen LogP contribution in [0.2, 0.25) is 0 Å². The summed E-state index contributed by atoms with van der Waals surface area (Å²) < 4.78 is 24.4. The van der Waals surface area contributed by atoms with Gasteiger partial charge in [0.15, 0.2) is 9.84 Å². The van der Waals surface area contributed by atoms with Gasteiger partial charge in [0.25, 0.3) is 0 Å². The quantitative estimate of drug-likeness (QED) is 0.683. The maximum atomic E-state index is 12.4. The number of sulfone groups is 1. The van der Waals surface area contributed by atoms with Crippen molar-refractivity contribution in [1.82, 2.24) is 9.88 Å². The molecular formula is C19H21N3O3S2. The molecule has 3 aromatic rings. The number of aromatic nitrogens is 1. The average molecular weight is 404 g/mol. The number of likely N-dealkylation sites (N-methyl/N-ethyl adjacent to an activating group) is 1. The van der Waals surface area contributed by atoms with Crippen LogP contribution in [0.5, 0.6) is 0 Å². The van der Waals surface area contributed by atoms with Crippen molar-refractivity contribution in [3.8, 4) is 0 Å². The molecule has 0 aliphatic heterocycles. The third kappa shape index (κ3) is 4.71. The molecule has 3 rings (SSSR count). The highest BCUT2D eigenvalue weighted by molar-refractivity contribution is 7.90. The molecule has 0 fully saturated rings. The van der Waals surface area contributed by atoms with E-state index < -0.39 is 9.84 Å². The van der Waals surface area contributed by atoms with Gasteiger partial charge in [-0.25, -0.2) is 13.4 Å². The maximum absolute atomic E-state index is 12.4. The molecule has 27 heavy (non-hydrogen) atoms. The number of nitrogens with zero attached hydrogens (tertiary/aromatic N) is 2. The zero-order valence-corrected chi connectivity index (χ0v) is 17.0. The molecule has 1 heterocycles. The molecule has 1 N–H and O–H groups in total. The molecule has 1 amide bonds. The Hall–Kier alpha value is -2.29. The second-order valence-electron chi connectivity index (χ2n) is 6.46. The molecular weight excluding hydrogens is 382 g/mol. The molecule has 2 aromatic carbocycles. The van der Waals surface area contributed by atoms with Gasteiger partial charge in [-0.05, 0) is 44.3 Å². The number of carbonyl (C=O) groups excluding carboxylic acids is 1. The third-order valence-electron chi connectivity index (χ3n) is 4.27. The maximum Gasteiger partial charge on any atom is 0.238 e. The lowest BCUT2D eigenvalue weighted by molar-refractivity contribution is -0.117. The number of hydrogen-bond donors (Lipinski definition) is 1. The normalized spacial score (nSPS) is 13.0. The van der Waals surface area contributed by atoms with Crippen LogP contribution in [0.1, 0.15) is 18.0 Å². The Morgan fingerprint density at radius 3 is 2.67 bits per heavy atom. The van der Waals surface area contributed by atoms with Crippen molar-refractivity contribution in [1.29, 1.82) is 0 Å². The summed E-state index contributed by atoms with van der Waals surface area (Å²) in [7, 11) is -1.45. The number of rotatable bonds is 6. The van der Waals surface area contributed by atoms with Gasteiger partial charge in [-0.2, -0.15) is 0 Å². The van der Waals surface area contributed by atoms with Crippen LogP contribution in [0.25, 0.3) is 10.2 Å². The topological polar surface area (TPSA) is 79.4 Å². The number of thiazole rings is 1. The first-order chi connectivity index (χ1) is 12.7. The molecule has 6 nitrogen and oxygen atoms in total. The summed E-state index contributed by atoms with van der Waals surface area (Å²) in [6.45, 7) is 2.18. The molecule has 0 aliphatic carbocycles. The Bertz CT molecular complexity index is 1040. The van der Waals surface area contributed by atoms with Crippen LogP contribution >= 0.6 is 11.3 Å². The summed E-state index contributed by atoms with van der Waals surface area (Å²) in [4.78, 5) is 19.1. The van der Waals surface area contributed by atoms with E-state index in [0.29, 0.717) is 5.69 Å². The zero-order chi connectivity index (χ0) is 19.6. The number of carbonyl (C=O) groups is 1. The highest BCUT2D eigenvalue weighted by Crippen LogP contribution is 2.28. The van der Waals surface area contributed by atoms with Crippen molar-refractivity contribution in [3.05, 3.63) is 53.5 Å². The lowest BCUT2D eigenvalue weighted by Gasteiger charge is -2.22. The Balaban J connectivity index is 1.66. The minimum absolute atomic E-state index is 0.0181. The van der Waals surface area contributed by atoms with Gasteiger partial charge < -0.3 is 5.32 Å². The van der Waals surface area contributed by atoms with E-state index in [-0.39, 0.29) is 23.4 Å². The minimum Gasteiger partial charge on any atom is -0.325 e. The van der Waals surface area contributed by atoms with Crippen molar-refractivity contribution in [2.75, 3.05) is 25.2 Å². The second-order valence-corrected chi connectivity index (χ2v) is 9.54. The van der Waals surface area contributed by atoms with Gasteiger partial charge in [-0.3, -0.25) is 9.69 Å². The lowest BCUT2D eigenvalue weighted by Crippen LogP contribution is -2.32. The van der Waals surface area contributed by atoms with Crippen molar-refractivity contribution < 1.29 is 13.2 Å². The molecule has 1 aromatic heterocycles. The summed E-state index contributed by atoms with van der Waals surface area (Å²) in [5.74, 6) is -0.212. The fourth-order valence-corrected chi connectivity index (χ4v) is 4.38. The molecule has 0 bridgehead atoms. The molecule has 0 saturated heterocycles. The number of benzene rings is 2. The number of para-hydroxylation sites is 1. The van der Waals surface area contributed by atoms with Crippen LogP contribution < -0.4 is 5.32 Å². The summed E-state index contributed by atoms with van der Waals surface area (Å²) in [6.07, 6.45) is 1.14. The molecule has 0 spiro atoms. The van der Waals surface area contributed by atoms with Gasteiger partial charge in [0, 0.05) is 11.9 Å². The first-order valence-electron chi connectivity index (χ1n) is 8.40. The second kappa shape index (κ2) is 7.75. The standard InChI is InChI=1S/C19H21N3O3S2/c1-13(19-21-16-9-4-5-10-17(16)26-19)22(2)12-18(23)20-14-7-6-8-15(11-14)27(3,24)25/h4-11,13H,12H2,1-3H3,(H,20,23)/t13-/m1/s1. The van der Waals surface area contributed by atoms with E-state index in [2.05, 4.69) is 10.3 Å². The fraction of sp³-hybridized carbons (Fsp3) is 0.263. The molecule has 8 heteroatoms. The highest BCUT2D eigenvalue weighted by atomic mass is 32.2. The van der Waals surface area contributed by atoms with Crippen LogP contribution in [-0.2, 0) is 14.6 Å². The predicted molar refractivity (Wildman–Crippen MR) is 109 cm³/mol. The van der Waals surface area contributed by atoms with Crippen LogP contribution in [0.3, 0.4) is 0 Å². The SMILES string of the molecule is C[C@H](c1nc2ccccc2s1)N(C)CC(=O)Nc1cccc(S(C)(=O)=O)c1. The first-order valence-corrected chi connectivity index (χ1v) is 11.1. The summed E-state index contributed by atoms with van der Waals surface area (Å²) in [5.41, 5.74) is 1.42. The predicted octanol–water partition coefficient (Wildman–Crippen LogP) is 3.33. The smallest absolute Gasteiger partial charge is 0.238 e. The fourth-order valence-electron chi connectivity index (χ4n) is 2.63. The van der Waals surface area contributed by atoms with E-state index in [1.54, 1.807) is 23.5 Å². The van der Waals surface area contributed by atoms with Crippen molar-refractivity contribution >= 4 is 43.0 Å². The monoisotopic (exact) mass is 403 g/mol. The largest absolute Gasteiger partial charge is 0.325 e. The Morgan fingerprint density at radius 1 is 1.22 bits per heavy atom. The molecule has 142 valence electrons. The first kappa shape index (κ1) is 19.5. The lowest BCUT2D eigenvalue weighted by atomic mass is 10.3. The van der Waals surface area contributed by atoms with Gasteiger partial charge in [-0.1, -0.05) is 18.2 Å². The Morgan fingerprint density at radius 2 is 1.96 bits per heavy atom. The van der Waals surface area contributed by atoms with Crippen LogP contribution in [-0.4, -0.2) is 44.1 Å². The van der Waals surface area contributed by atoms with Gasteiger partial charge >= 0.3 is 0 Å². The Labute approximate surface area is 162 Å². The van der Waals surface area contributed by atoms with Crippen LogP contribution in [0.15, 0.2) is 53.4 Å². The average Bonchev–Trinajstić information content (AvgIpc) is 3.04. The van der Waals surface area contributed by atoms with Crippen molar-refractivity contribution in [2.24, 2.45) is 0 Å². The van der Waals surface area contributed by atoms with Gasteiger partial charge in [0.05, 0.1) is 27.7 Å².